The Morgan fingerprint density at radius 1 is 1.15 bits per heavy atom. The summed E-state index contributed by atoms with van der Waals surface area (Å²) in [5, 5.41) is 3.33. The Labute approximate surface area is 167 Å². The maximum absolute atomic E-state index is 12.5. The van der Waals surface area contributed by atoms with Gasteiger partial charge in [0.2, 0.25) is 15.9 Å². The molecule has 0 aromatic heterocycles. The summed E-state index contributed by atoms with van der Waals surface area (Å²) in [6.45, 7) is 1.67. The van der Waals surface area contributed by atoms with Gasteiger partial charge in [-0.05, 0) is 48.7 Å². The number of benzene rings is 2. The molecular formula is C17H19ClN2O3S3. The van der Waals surface area contributed by atoms with Gasteiger partial charge in [-0.1, -0.05) is 11.6 Å². The van der Waals surface area contributed by atoms with E-state index in [1.54, 1.807) is 18.2 Å². The Hall–Kier alpha value is -1.19. The van der Waals surface area contributed by atoms with Gasteiger partial charge in [-0.3, -0.25) is 4.79 Å². The van der Waals surface area contributed by atoms with Crippen LogP contribution in [0.1, 0.15) is 6.92 Å². The third-order valence-corrected chi connectivity index (χ3v) is 6.79. The van der Waals surface area contributed by atoms with E-state index in [1.165, 1.54) is 42.6 Å². The standard InChI is InChI=1S/C17H19ClN2O3S3/c1-12(21)20-16-11-15(7-8-17(16)24-2)26(22,23)19-9-10-25-14-5-3-13(18)4-6-14/h3-8,11,19H,9-10H2,1-2H3,(H,20,21). The van der Waals surface area contributed by atoms with E-state index in [1.807, 2.05) is 18.4 Å². The Morgan fingerprint density at radius 3 is 2.46 bits per heavy atom. The lowest BCUT2D eigenvalue weighted by Crippen LogP contribution is -2.26. The third-order valence-electron chi connectivity index (χ3n) is 3.27. The molecule has 2 N–H and O–H groups in total. The summed E-state index contributed by atoms with van der Waals surface area (Å²) in [5.41, 5.74) is 0.489. The highest BCUT2D eigenvalue weighted by molar-refractivity contribution is 7.99. The molecule has 2 aromatic carbocycles. The fourth-order valence-corrected chi connectivity index (χ4v) is 4.72. The molecule has 0 atom stereocenters. The van der Waals surface area contributed by atoms with Gasteiger partial charge in [0.05, 0.1) is 10.6 Å². The lowest BCUT2D eigenvalue weighted by molar-refractivity contribution is -0.114. The minimum absolute atomic E-state index is 0.121. The average molecular weight is 431 g/mol. The summed E-state index contributed by atoms with van der Waals surface area (Å²) in [4.78, 5) is 13.3. The molecule has 9 heteroatoms. The van der Waals surface area contributed by atoms with Gasteiger partial charge < -0.3 is 5.32 Å². The van der Waals surface area contributed by atoms with Crippen LogP contribution in [0.15, 0.2) is 57.2 Å². The van der Waals surface area contributed by atoms with Gasteiger partial charge in [-0.2, -0.15) is 0 Å². The third kappa shape index (κ3) is 6.21. The number of hydrogen-bond acceptors (Lipinski definition) is 5. The van der Waals surface area contributed by atoms with Crippen molar-refractivity contribution in [1.29, 1.82) is 0 Å². The Kier molecular flexibility index (Phi) is 7.85. The first-order chi connectivity index (χ1) is 12.3. The molecule has 0 bridgehead atoms. The van der Waals surface area contributed by atoms with Crippen LogP contribution in [0.2, 0.25) is 5.02 Å². The highest BCUT2D eigenvalue weighted by Crippen LogP contribution is 2.28. The first-order valence-electron chi connectivity index (χ1n) is 7.65. The van der Waals surface area contributed by atoms with E-state index in [0.717, 1.165) is 9.79 Å². The van der Waals surface area contributed by atoms with Crippen LogP contribution in [0.25, 0.3) is 0 Å². The Morgan fingerprint density at radius 2 is 1.85 bits per heavy atom. The molecule has 0 heterocycles. The van der Waals surface area contributed by atoms with Crippen molar-refractivity contribution in [3.8, 4) is 0 Å². The molecule has 140 valence electrons. The van der Waals surface area contributed by atoms with Crippen molar-refractivity contribution in [2.45, 2.75) is 21.6 Å². The van der Waals surface area contributed by atoms with Gasteiger partial charge in [0.15, 0.2) is 0 Å². The fourth-order valence-electron chi connectivity index (χ4n) is 2.10. The zero-order chi connectivity index (χ0) is 19.2. The number of carbonyl (C=O) groups is 1. The number of sulfonamides is 1. The second-order valence-corrected chi connectivity index (χ2v) is 9.46. The topological polar surface area (TPSA) is 75.3 Å². The van der Waals surface area contributed by atoms with Crippen LogP contribution in [0.3, 0.4) is 0 Å². The number of carbonyl (C=O) groups excluding carboxylic acids is 1. The van der Waals surface area contributed by atoms with Crippen LogP contribution >= 0.6 is 35.1 Å². The Bertz CT molecular complexity index is 871. The maximum Gasteiger partial charge on any atom is 0.240 e. The molecule has 0 aliphatic carbocycles. The largest absolute Gasteiger partial charge is 0.325 e. The fraction of sp³-hybridized carbons (Fsp3) is 0.235. The van der Waals surface area contributed by atoms with Gasteiger partial charge in [0.25, 0.3) is 0 Å². The second kappa shape index (κ2) is 9.66. The van der Waals surface area contributed by atoms with E-state index in [4.69, 9.17) is 11.6 Å². The molecular weight excluding hydrogens is 412 g/mol. The number of hydrogen-bond donors (Lipinski definition) is 2. The van der Waals surface area contributed by atoms with Crippen molar-refractivity contribution in [3.05, 3.63) is 47.5 Å². The molecule has 2 rings (SSSR count). The monoisotopic (exact) mass is 430 g/mol. The van der Waals surface area contributed by atoms with E-state index in [0.29, 0.717) is 16.5 Å². The van der Waals surface area contributed by atoms with Crippen LogP contribution in [0.4, 0.5) is 5.69 Å². The van der Waals surface area contributed by atoms with Crippen LogP contribution in [-0.4, -0.2) is 32.9 Å². The summed E-state index contributed by atoms with van der Waals surface area (Å²) in [6, 6.07) is 12.1. The molecule has 1 amide bonds. The van der Waals surface area contributed by atoms with Crippen molar-refractivity contribution in [3.63, 3.8) is 0 Å². The summed E-state index contributed by atoms with van der Waals surface area (Å²) in [7, 11) is -3.65. The van der Waals surface area contributed by atoms with Gasteiger partial charge >= 0.3 is 0 Å². The van der Waals surface area contributed by atoms with Crippen molar-refractivity contribution in [1.82, 2.24) is 4.72 Å². The lowest BCUT2D eigenvalue weighted by atomic mass is 10.3. The van der Waals surface area contributed by atoms with Gasteiger partial charge in [0, 0.05) is 34.0 Å². The predicted molar refractivity (Wildman–Crippen MR) is 110 cm³/mol. The molecule has 0 fully saturated rings. The van der Waals surface area contributed by atoms with Gasteiger partial charge in [-0.15, -0.1) is 23.5 Å². The van der Waals surface area contributed by atoms with Crippen molar-refractivity contribution >= 4 is 56.7 Å². The molecule has 0 spiro atoms. The van der Waals surface area contributed by atoms with Crippen molar-refractivity contribution in [2.24, 2.45) is 0 Å². The van der Waals surface area contributed by atoms with Crippen molar-refractivity contribution < 1.29 is 13.2 Å². The second-order valence-electron chi connectivity index (χ2n) is 5.24. The number of halogens is 1. The molecule has 0 radical (unpaired) electrons. The smallest absolute Gasteiger partial charge is 0.240 e. The van der Waals surface area contributed by atoms with Crippen LogP contribution < -0.4 is 10.0 Å². The number of nitrogens with one attached hydrogen (secondary N) is 2. The number of anilines is 1. The quantitative estimate of drug-likeness (QED) is 0.487. The summed E-state index contributed by atoms with van der Waals surface area (Å²) < 4.78 is 27.5. The molecule has 0 aliphatic rings. The predicted octanol–water partition coefficient (Wildman–Crippen LogP) is 4.09. The molecule has 0 aliphatic heterocycles. The van der Waals surface area contributed by atoms with E-state index >= 15 is 0 Å². The molecule has 0 saturated carbocycles. The lowest BCUT2D eigenvalue weighted by Gasteiger charge is -2.12. The Balaban J connectivity index is 2.00. The molecule has 5 nitrogen and oxygen atoms in total. The number of thioether (sulfide) groups is 2. The van der Waals surface area contributed by atoms with Crippen LogP contribution in [-0.2, 0) is 14.8 Å². The molecule has 0 saturated heterocycles. The highest BCUT2D eigenvalue weighted by Gasteiger charge is 2.16. The summed E-state index contributed by atoms with van der Waals surface area (Å²) >= 11 is 8.81. The van der Waals surface area contributed by atoms with Gasteiger partial charge in [-0.25, -0.2) is 13.1 Å². The summed E-state index contributed by atoms with van der Waals surface area (Å²) in [6.07, 6.45) is 1.86. The van der Waals surface area contributed by atoms with Gasteiger partial charge in [0.1, 0.15) is 0 Å². The number of amides is 1. The molecule has 2 aromatic rings. The zero-order valence-corrected chi connectivity index (χ0v) is 17.5. The minimum Gasteiger partial charge on any atom is -0.325 e. The first kappa shape index (κ1) is 21.1. The van der Waals surface area contributed by atoms with E-state index in [2.05, 4.69) is 10.0 Å². The van der Waals surface area contributed by atoms with E-state index < -0.39 is 10.0 Å². The molecule has 0 unspecified atom stereocenters. The van der Waals surface area contributed by atoms with Crippen molar-refractivity contribution in [2.75, 3.05) is 23.9 Å². The normalized spacial score (nSPS) is 11.3. The van der Waals surface area contributed by atoms with E-state index in [-0.39, 0.29) is 17.3 Å². The zero-order valence-electron chi connectivity index (χ0n) is 14.3. The van der Waals surface area contributed by atoms with E-state index in [9.17, 15) is 13.2 Å². The SMILES string of the molecule is CSc1ccc(S(=O)(=O)NCCSc2ccc(Cl)cc2)cc1NC(C)=O. The van der Waals surface area contributed by atoms with Crippen LogP contribution in [0.5, 0.6) is 0 Å². The number of rotatable bonds is 8. The highest BCUT2D eigenvalue weighted by atomic mass is 35.5. The van der Waals surface area contributed by atoms with Crippen LogP contribution in [0, 0.1) is 0 Å². The average Bonchev–Trinajstić information content (AvgIpc) is 2.59. The first-order valence-corrected chi connectivity index (χ1v) is 11.7. The minimum atomic E-state index is -3.65. The summed E-state index contributed by atoms with van der Waals surface area (Å²) in [5.74, 6) is 0.338. The molecule has 26 heavy (non-hydrogen) atoms. The maximum atomic E-state index is 12.5.